The molecule has 2 nitrogen and oxygen atoms in total. The second-order valence-corrected chi connectivity index (χ2v) is 5.76. The third kappa shape index (κ3) is 3.41. The van der Waals surface area contributed by atoms with Crippen molar-refractivity contribution in [1.82, 2.24) is 0 Å². The van der Waals surface area contributed by atoms with Gasteiger partial charge in [-0.05, 0) is 61.2 Å². The minimum Gasteiger partial charge on any atom is -0.457 e. The number of hydrogen-bond acceptors (Lipinski definition) is 2. The highest BCUT2D eigenvalue weighted by atomic mass is 79.9. The van der Waals surface area contributed by atoms with Crippen molar-refractivity contribution in [1.29, 1.82) is 0 Å². The van der Waals surface area contributed by atoms with Crippen LogP contribution in [0.3, 0.4) is 0 Å². The molecule has 0 fully saturated rings. The summed E-state index contributed by atoms with van der Waals surface area (Å²) in [7, 11) is 0. The zero-order chi connectivity index (χ0) is 14.7. The molecule has 0 aliphatic rings. The molecule has 1 N–H and O–H groups in total. The molecule has 0 amide bonds. The van der Waals surface area contributed by atoms with Gasteiger partial charge in [0.15, 0.2) is 0 Å². The Hall–Kier alpha value is -1.32. The Labute approximate surface area is 128 Å². The Morgan fingerprint density at radius 3 is 2.10 bits per heavy atom. The number of hydrogen-bond donors (Lipinski definition) is 1. The molecule has 106 valence electrons. The zero-order valence-electron chi connectivity index (χ0n) is 12.0. The summed E-state index contributed by atoms with van der Waals surface area (Å²) in [6.45, 7) is 6.05. The predicted octanol–water partition coefficient (Wildman–Crippen LogP) is 5.30. The maximum absolute atomic E-state index is 9.77. The molecule has 0 spiro atoms. The second kappa shape index (κ2) is 6.42. The van der Waals surface area contributed by atoms with Crippen LogP contribution in [-0.2, 0) is 0 Å². The van der Waals surface area contributed by atoms with Crippen LogP contribution in [0.15, 0.2) is 40.9 Å². The van der Waals surface area contributed by atoms with Crippen molar-refractivity contribution in [2.24, 2.45) is 0 Å². The van der Waals surface area contributed by atoms with Crippen molar-refractivity contribution in [2.75, 3.05) is 0 Å². The standard InChI is InChI=1S/C17H19BrO2/c1-4-16(19)13-5-7-14(8-6-13)20-15-9-11(2)17(18)12(3)10-15/h5-10,16,19H,4H2,1-3H3/t16-/m1/s1. The number of aliphatic hydroxyl groups excluding tert-OH is 1. The van der Waals surface area contributed by atoms with E-state index in [1.807, 2.05) is 57.2 Å². The van der Waals surface area contributed by atoms with Gasteiger partial charge in [0.25, 0.3) is 0 Å². The summed E-state index contributed by atoms with van der Waals surface area (Å²) in [5, 5.41) is 9.77. The number of benzene rings is 2. The fraction of sp³-hybridized carbons (Fsp3) is 0.294. The summed E-state index contributed by atoms with van der Waals surface area (Å²) in [5.41, 5.74) is 3.22. The monoisotopic (exact) mass is 334 g/mol. The Morgan fingerprint density at radius 2 is 1.60 bits per heavy atom. The van der Waals surface area contributed by atoms with Crippen LogP contribution >= 0.6 is 15.9 Å². The first-order chi connectivity index (χ1) is 9.51. The second-order valence-electron chi connectivity index (χ2n) is 4.97. The Kier molecular flexibility index (Phi) is 4.84. The molecule has 2 aromatic carbocycles. The van der Waals surface area contributed by atoms with Crippen molar-refractivity contribution in [3.63, 3.8) is 0 Å². The van der Waals surface area contributed by atoms with Crippen molar-refractivity contribution in [3.8, 4) is 11.5 Å². The Morgan fingerprint density at radius 1 is 1.05 bits per heavy atom. The summed E-state index contributed by atoms with van der Waals surface area (Å²) >= 11 is 3.55. The smallest absolute Gasteiger partial charge is 0.128 e. The molecule has 0 aromatic heterocycles. The lowest BCUT2D eigenvalue weighted by Gasteiger charge is -2.12. The molecule has 0 aliphatic heterocycles. The third-order valence-corrected chi connectivity index (χ3v) is 4.55. The Bertz CT molecular complexity index is 567. The largest absolute Gasteiger partial charge is 0.457 e. The topological polar surface area (TPSA) is 29.5 Å². The van der Waals surface area contributed by atoms with E-state index in [1.165, 1.54) is 0 Å². The molecule has 0 saturated heterocycles. The van der Waals surface area contributed by atoms with E-state index in [9.17, 15) is 5.11 Å². The molecule has 0 bridgehead atoms. The molecule has 0 saturated carbocycles. The molecule has 0 radical (unpaired) electrons. The van der Waals surface area contributed by atoms with Gasteiger partial charge < -0.3 is 9.84 Å². The molecular weight excluding hydrogens is 316 g/mol. The van der Waals surface area contributed by atoms with Crippen LogP contribution in [-0.4, -0.2) is 5.11 Å². The van der Waals surface area contributed by atoms with E-state index in [-0.39, 0.29) is 0 Å². The van der Waals surface area contributed by atoms with Gasteiger partial charge >= 0.3 is 0 Å². The lowest BCUT2D eigenvalue weighted by atomic mass is 10.1. The van der Waals surface area contributed by atoms with Crippen molar-refractivity contribution >= 4 is 15.9 Å². The van der Waals surface area contributed by atoms with E-state index in [0.717, 1.165) is 32.7 Å². The zero-order valence-corrected chi connectivity index (χ0v) is 13.6. The Balaban J connectivity index is 2.18. The maximum Gasteiger partial charge on any atom is 0.128 e. The molecule has 0 unspecified atom stereocenters. The predicted molar refractivity (Wildman–Crippen MR) is 85.4 cm³/mol. The summed E-state index contributed by atoms with van der Waals surface area (Å²) in [5.74, 6) is 1.60. The van der Waals surface area contributed by atoms with Crippen LogP contribution in [0, 0.1) is 13.8 Å². The van der Waals surface area contributed by atoms with E-state index in [0.29, 0.717) is 6.42 Å². The van der Waals surface area contributed by atoms with Crippen LogP contribution in [0.5, 0.6) is 11.5 Å². The van der Waals surface area contributed by atoms with Crippen LogP contribution in [0.25, 0.3) is 0 Å². The van der Waals surface area contributed by atoms with Gasteiger partial charge in [-0.2, -0.15) is 0 Å². The highest BCUT2D eigenvalue weighted by molar-refractivity contribution is 9.10. The first-order valence-corrected chi connectivity index (χ1v) is 7.53. The highest BCUT2D eigenvalue weighted by Crippen LogP contribution is 2.30. The van der Waals surface area contributed by atoms with Gasteiger partial charge in [0.05, 0.1) is 6.10 Å². The molecule has 2 aromatic rings. The minimum absolute atomic E-state index is 0.402. The average molecular weight is 335 g/mol. The van der Waals surface area contributed by atoms with Crippen LogP contribution in [0.4, 0.5) is 0 Å². The van der Waals surface area contributed by atoms with Gasteiger partial charge in [-0.1, -0.05) is 35.0 Å². The molecule has 2 rings (SSSR count). The lowest BCUT2D eigenvalue weighted by Crippen LogP contribution is -1.94. The number of aliphatic hydroxyl groups is 1. The number of ether oxygens (including phenoxy) is 1. The number of halogens is 1. The molecule has 0 heterocycles. The maximum atomic E-state index is 9.77. The lowest BCUT2D eigenvalue weighted by molar-refractivity contribution is 0.173. The van der Waals surface area contributed by atoms with Crippen molar-refractivity contribution in [3.05, 3.63) is 57.6 Å². The van der Waals surface area contributed by atoms with Crippen LogP contribution in [0.2, 0.25) is 0 Å². The van der Waals surface area contributed by atoms with E-state index < -0.39 is 6.10 Å². The molecule has 20 heavy (non-hydrogen) atoms. The number of rotatable bonds is 4. The SMILES string of the molecule is CC[C@@H](O)c1ccc(Oc2cc(C)c(Br)c(C)c2)cc1. The van der Waals surface area contributed by atoms with Crippen molar-refractivity contribution in [2.45, 2.75) is 33.3 Å². The van der Waals surface area contributed by atoms with Crippen LogP contribution < -0.4 is 4.74 Å². The van der Waals surface area contributed by atoms with Gasteiger partial charge in [-0.15, -0.1) is 0 Å². The number of aryl methyl sites for hydroxylation is 2. The van der Waals surface area contributed by atoms with E-state index in [1.54, 1.807) is 0 Å². The summed E-state index contributed by atoms with van der Waals surface area (Å²) in [6, 6.07) is 11.6. The van der Waals surface area contributed by atoms with E-state index in [2.05, 4.69) is 15.9 Å². The fourth-order valence-corrected chi connectivity index (χ4v) is 2.32. The van der Waals surface area contributed by atoms with E-state index in [4.69, 9.17) is 4.74 Å². The normalized spacial score (nSPS) is 12.2. The van der Waals surface area contributed by atoms with E-state index >= 15 is 0 Å². The van der Waals surface area contributed by atoms with Gasteiger partial charge in [0.1, 0.15) is 11.5 Å². The quantitative estimate of drug-likeness (QED) is 0.821. The van der Waals surface area contributed by atoms with Crippen LogP contribution in [0.1, 0.15) is 36.1 Å². The third-order valence-electron chi connectivity index (χ3n) is 3.30. The molecular formula is C17H19BrO2. The molecule has 3 heteroatoms. The van der Waals surface area contributed by atoms with Gasteiger partial charge in [0.2, 0.25) is 0 Å². The van der Waals surface area contributed by atoms with Gasteiger partial charge in [0, 0.05) is 4.47 Å². The minimum atomic E-state index is -0.402. The summed E-state index contributed by atoms with van der Waals surface area (Å²) in [6.07, 6.45) is 0.312. The molecule has 1 atom stereocenters. The van der Waals surface area contributed by atoms with Gasteiger partial charge in [-0.3, -0.25) is 0 Å². The average Bonchev–Trinajstić information content (AvgIpc) is 2.44. The summed E-state index contributed by atoms with van der Waals surface area (Å²) < 4.78 is 6.98. The summed E-state index contributed by atoms with van der Waals surface area (Å²) in [4.78, 5) is 0. The highest BCUT2D eigenvalue weighted by Gasteiger charge is 2.06. The fourth-order valence-electron chi connectivity index (χ4n) is 2.09. The van der Waals surface area contributed by atoms with Gasteiger partial charge in [-0.25, -0.2) is 0 Å². The first kappa shape index (κ1) is 15.1. The molecule has 0 aliphatic carbocycles. The van der Waals surface area contributed by atoms with Crippen molar-refractivity contribution < 1.29 is 9.84 Å². The first-order valence-electron chi connectivity index (χ1n) is 6.74.